The standard InChI is InChI=1S/C24H33N3O4S/c1-19(17-21-9-8-16-31-21)25-24(28)20-10-11-22(26-12-4-2-5-13-26)23(18-20)32(29,30)27-14-6-3-7-15-27/h8-11,16,18-19H,2-7,12-15,17H2,1H3,(H,25,28)/t19-/m0/s1. The van der Waals surface area contributed by atoms with Gasteiger partial charge in [0.05, 0.1) is 12.0 Å². The summed E-state index contributed by atoms with van der Waals surface area (Å²) in [5.41, 5.74) is 1.09. The van der Waals surface area contributed by atoms with Gasteiger partial charge in [0, 0.05) is 44.2 Å². The number of piperidine rings is 2. The second-order valence-corrected chi connectivity index (χ2v) is 10.8. The van der Waals surface area contributed by atoms with Gasteiger partial charge < -0.3 is 14.6 Å². The van der Waals surface area contributed by atoms with Gasteiger partial charge >= 0.3 is 0 Å². The van der Waals surface area contributed by atoms with Gasteiger partial charge in [-0.2, -0.15) is 4.31 Å². The summed E-state index contributed by atoms with van der Waals surface area (Å²) in [7, 11) is -3.67. The highest BCUT2D eigenvalue weighted by molar-refractivity contribution is 7.89. The van der Waals surface area contributed by atoms with Gasteiger partial charge in [-0.25, -0.2) is 8.42 Å². The monoisotopic (exact) mass is 459 g/mol. The molecule has 3 heterocycles. The van der Waals surface area contributed by atoms with Gasteiger partial charge in [-0.05, 0) is 69.4 Å². The molecule has 0 aliphatic carbocycles. The SMILES string of the molecule is C[C@@H](Cc1ccco1)NC(=O)c1ccc(N2CCCCC2)c(S(=O)(=O)N2CCCCC2)c1. The van der Waals surface area contributed by atoms with E-state index in [1.54, 1.807) is 22.7 Å². The van der Waals surface area contributed by atoms with Crippen LogP contribution in [0.1, 0.15) is 61.6 Å². The lowest BCUT2D eigenvalue weighted by atomic mass is 10.1. The number of rotatable bonds is 7. The van der Waals surface area contributed by atoms with Gasteiger partial charge in [-0.1, -0.05) is 6.42 Å². The number of benzene rings is 1. The van der Waals surface area contributed by atoms with E-state index in [0.717, 1.165) is 56.6 Å². The van der Waals surface area contributed by atoms with E-state index >= 15 is 0 Å². The van der Waals surface area contributed by atoms with E-state index in [4.69, 9.17) is 4.42 Å². The van der Waals surface area contributed by atoms with Gasteiger partial charge in [-0.15, -0.1) is 0 Å². The number of carbonyl (C=O) groups excluding carboxylic acids is 1. The Labute approximate surface area is 190 Å². The summed E-state index contributed by atoms with van der Waals surface area (Å²) in [4.78, 5) is 15.4. The topological polar surface area (TPSA) is 82.9 Å². The van der Waals surface area contributed by atoms with Gasteiger partial charge in [0.2, 0.25) is 10.0 Å². The van der Waals surface area contributed by atoms with Crippen LogP contribution in [-0.4, -0.2) is 50.9 Å². The molecule has 174 valence electrons. The van der Waals surface area contributed by atoms with Crippen LogP contribution in [-0.2, 0) is 16.4 Å². The van der Waals surface area contributed by atoms with Crippen molar-refractivity contribution < 1.29 is 17.6 Å². The first-order valence-electron chi connectivity index (χ1n) is 11.7. The highest BCUT2D eigenvalue weighted by Gasteiger charge is 2.31. The molecule has 2 fully saturated rings. The average Bonchev–Trinajstić information content (AvgIpc) is 3.32. The van der Waals surface area contributed by atoms with Crippen LogP contribution in [0.3, 0.4) is 0 Å². The lowest BCUT2D eigenvalue weighted by Gasteiger charge is -2.33. The van der Waals surface area contributed by atoms with Crippen molar-refractivity contribution in [3.8, 4) is 0 Å². The summed E-state index contributed by atoms with van der Waals surface area (Å²) in [5, 5.41) is 2.97. The van der Waals surface area contributed by atoms with Crippen molar-refractivity contribution in [2.75, 3.05) is 31.1 Å². The van der Waals surface area contributed by atoms with E-state index in [-0.39, 0.29) is 16.8 Å². The lowest BCUT2D eigenvalue weighted by molar-refractivity contribution is 0.0939. The maximum absolute atomic E-state index is 13.6. The minimum atomic E-state index is -3.67. The molecule has 2 aliphatic heterocycles. The predicted octanol–water partition coefficient (Wildman–Crippen LogP) is 3.81. The fraction of sp³-hybridized carbons (Fsp3) is 0.542. The van der Waals surface area contributed by atoms with E-state index in [2.05, 4.69) is 10.2 Å². The van der Waals surface area contributed by atoms with Crippen LogP contribution in [0, 0.1) is 0 Å². The summed E-state index contributed by atoms with van der Waals surface area (Å²) in [5.74, 6) is 0.524. The highest BCUT2D eigenvalue weighted by atomic mass is 32.2. The van der Waals surface area contributed by atoms with Crippen molar-refractivity contribution >= 4 is 21.6 Å². The summed E-state index contributed by atoms with van der Waals surface area (Å²) >= 11 is 0. The van der Waals surface area contributed by atoms with Crippen LogP contribution in [0.2, 0.25) is 0 Å². The third kappa shape index (κ3) is 5.18. The van der Waals surface area contributed by atoms with Gasteiger partial charge in [-0.3, -0.25) is 4.79 Å². The third-order valence-electron chi connectivity index (χ3n) is 6.32. The van der Waals surface area contributed by atoms with E-state index in [1.807, 2.05) is 25.1 Å². The van der Waals surface area contributed by atoms with Crippen molar-refractivity contribution in [3.05, 3.63) is 47.9 Å². The number of furan rings is 1. The van der Waals surface area contributed by atoms with E-state index in [9.17, 15) is 13.2 Å². The first-order chi connectivity index (χ1) is 15.4. The molecule has 8 heteroatoms. The number of amides is 1. The highest BCUT2D eigenvalue weighted by Crippen LogP contribution is 2.32. The molecule has 1 aromatic heterocycles. The number of hydrogen-bond donors (Lipinski definition) is 1. The number of anilines is 1. The van der Waals surface area contributed by atoms with Crippen LogP contribution in [0.5, 0.6) is 0 Å². The molecule has 1 aromatic carbocycles. The lowest BCUT2D eigenvalue weighted by Crippen LogP contribution is -2.38. The minimum absolute atomic E-state index is 0.141. The second-order valence-electron chi connectivity index (χ2n) is 8.85. The summed E-state index contributed by atoms with van der Waals surface area (Å²) in [6.07, 6.45) is 8.27. The van der Waals surface area contributed by atoms with E-state index < -0.39 is 10.0 Å². The third-order valence-corrected chi connectivity index (χ3v) is 8.24. The van der Waals surface area contributed by atoms with Crippen molar-refractivity contribution in [3.63, 3.8) is 0 Å². The van der Waals surface area contributed by atoms with Crippen molar-refractivity contribution in [1.82, 2.24) is 9.62 Å². The van der Waals surface area contributed by atoms with Crippen LogP contribution in [0.15, 0.2) is 45.9 Å². The number of nitrogens with one attached hydrogen (secondary N) is 1. The van der Waals surface area contributed by atoms with Crippen LogP contribution >= 0.6 is 0 Å². The fourth-order valence-corrected chi connectivity index (χ4v) is 6.35. The van der Waals surface area contributed by atoms with Crippen molar-refractivity contribution in [2.24, 2.45) is 0 Å². The molecule has 7 nitrogen and oxygen atoms in total. The summed E-state index contributed by atoms with van der Waals surface area (Å²) in [6.45, 7) is 4.67. The number of sulfonamides is 1. The normalized spacial score (nSPS) is 19.0. The molecule has 2 aromatic rings. The molecule has 2 saturated heterocycles. The Balaban J connectivity index is 1.61. The van der Waals surface area contributed by atoms with Gasteiger partial charge in [0.1, 0.15) is 10.7 Å². The van der Waals surface area contributed by atoms with E-state index in [1.165, 1.54) is 6.42 Å². The maximum atomic E-state index is 13.6. The van der Waals surface area contributed by atoms with E-state index in [0.29, 0.717) is 25.1 Å². The molecule has 0 saturated carbocycles. The molecule has 2 aliphatic rings. The Morgan fingerprint density at radius 1 is 1.03 bits per heavy atom. The molecule has 1 amide bonds. The van der Waals surface area contributed by atoms with Gasteiger partial charge in [0.15, 0.2) is 0 Å². The van der Waals surface area contributed by atoms with Crippen LogP contribution in [0.25, 0.3) is 0 Å². The zero-order valence-electron chi connectivity index (χ0n) is 18.8. The first kappa shape index (κ1) is 22.9. The maximum Gasteiger partial charge on any atom is 0.251 e. The quantitative estimate of drug-likeness (QED) is 0.681. The molecular weight excluding hydrogens is 426 g/mol. The predicted molar refractivity (Wildman–Crippen MR) is 124 cm³/mol. The zero-order valence-corrected chi connectivity index (χ0v) is 19.6. The van der Waals surface area contributed by atoms with Crippen molar-refractivity contribution in [1.29, 1.82) is 0 Å². The average molecular weight is 460 g/mol. The Morgan fingerprint density at radius 2 is 1.72 bits per heavy atom. The Kier molecular flexibility index (Phi) is 7.20. The van der Waals surface area contributed by atoms with Crippen LogP contribution in [0.4, 0.5) is 5.69 Å². The molecule has 0 bridgehead atoms. The van der Waals surface area contributed by atoms with Gasteiger partial charge in [0.25, 0.3) is 5.91 Å². The smallest absolute Gasteiger partial charge is 0.251 e. The molecule has 1 N–H and O–H groups in total. The number of carbonyl (C=O) groups is 1. The first-order valence-corrected chi connectivity index (χ1v) is 13.1. The summed E-state index contributed by atoms with van der Waals surface area (Å²) < 4.78 is 34.2. The Hall–Kier alpha value is -2.32. The molecule has 32 heavy (non-hydrogen) atoms. The largest absolute Gasteiger partial charge is 0.469 e. The van der Waals surface area contributed by atoms with Crippen LogP contribution < -0.4 is 10.2 Å². The van der Waals surface area contributed by atoms with Crippen molar-refractivity contribution in [2.45, 2.75) is 62.8 Å². The number of nitrogens with zero attached hydrogens (tertiary/aromatic N) is 2. The Bertz CT molecular complexity index is 1010. The molecule has 0 radical (unpaired) electrons. The number of hydrogen-bond acceptors (Lipinski definition) is 5. The molecule has 4 rings (SSSR count). The molecule has 1 atom stereocenters. The Morgan fingerprint density at radius 3 is 2.38 bits per heavy atom. The zero-order chi connectivity index (χ0) is 22.6. The second kappa shape index (κ2) is 10.1. The molecular formula is C24H33N3O4S. The molecule has 0 spiro atoms. The molecule has 0 unspecified atom stereocenters. The fourth-order valence-electron chi connectivity index (χ4n) is 4.59. The minimum Gasteiger partial charge on any atom is -0.469 e. The summed E-state index contributed by atoms with van der Waals surface area (Å²) in [6, 6.07) is 8.68.